The second-order valence-electron chi connectivity index (χ2n) is 5.98. The summed E-state index contributed by atoms with van der Waals surface area (Å²) in [6.45, 7) is 3.86. The van der Waals surface area contributed by atoms with Crippen LogP contribution in [0.4, 0.5) is 9.93 Å². The summed E-state index contributed by atoms with van der Waals surface area (Å²) in [6, 6.07) is -0.424. The van der Waals surface area contributed by atoms with Crippen molar-refractivity contribution in [1.82, 2.24) is 15.1 Å². The highest BCUT2D eigenvalue weighted by Crippen LogP contribution is 2.34. The number of nitrogens with one attached hydrogen (secondary N) is 1. The molecule has 0 saturated heterocycles. The van der Waals surface area contributed by atoms with E-state index >= 15 is 0 Å². The molecule has 0 saturated carbocycles. The van der Waals surface area contributed by atoms with Gasteiger partial charge in [-0.25, -0.2) is 4.79 Å². The summed E-state index contributed by atoms with van der Waals surface area (Å²) in [4.78, 5) is 43.2. The fourth-order valence-corrected chi connectivity index (χ4v) is 5.37. The van der Waals surface area contributed by atoms with Gasteiger partial charge in [0.1, 0.15) is 6.21 Å². The molecule has 0 aliphatic carbocycles. The maximum atomic E-state index is 12.7. The van der Waals surface area contributed by atoms with Crippen molar-refractivity contribution in [3.63, 3.8) is 0 Å². The summed E-state index contributed by atoms with van der Waals surface area (Å²) < 4.78 is 2.17. The van der Waals surface area contributed by atoms with E-state index < -0.39 is 11.9 Å². The molecule has 1 atom stereocenters. The van der Waals surface area contributed by atoms with Crippen LogP contribution in [-0.4, -0.2) is 75.2 Å². The third-order valence-corrected chi connectivity index (χ3v) is 7.20. The number of imide groups is 1. The molecule has 2 aliphatic heterocycles. The molecule has 12 heteroatoms. The van der Waals surface area contributed by atoms with E-state index in [9.17, 15) is 14.4 Å². The number of fused-ring (bicyclic) bond motifs is 1. The lowest BCUT2D eigenvalue weighted by Gasteiger charge is -2.27. The quantitative estimate of drug-likeness (QED) is 0.410. The van der Waals surface area contributed by atoms with Crippen LogP contribution in [0.1, 0.15) is 13.8 Å². The number of nitrogens with zero attached hydrogens (tertiary/aromatic N) is 5. The summed E-state index contributed by atoms with van der Waals surface area (Å²) in [6.07, 6.45) is 1.62. The first-order chi connectivity index (χ1) is 13.3. The number of anilines is 1. The van der Waals surface area contributed by atoms with Crippen molar-refractivity contribution in [3.05, 3.63) is 10.5 Å². The number of hydrogen-bond donors (Lipinski definition) is 1. The van der Waals surface area contributed by atoms with Gasteiger partial charge in [-0.15, -0.1) is 27.0 Å². The van der Waals surface area contributed by atoms with Gasteiger partial charge in [0, 0.05) is 4.91 Å². The van der Waals surface area contributed by atoms with Crippen LogP contribution in [-0.2, 0) is 9.59 Å². The Kier molecular flexibility index (Phi) is 6.30. The fraction of sp³-hybridized carbons (Fsp3) is 0.438. The van der Waals surface area contributed by atoms with E-state index in [0.29, 0.717) is 11.0 Å². The highest BCUT2D eigenvalue weighted by Gasteiger charge is 2.47. The van der Waals surface area contributed by atoms with Gasteiger partial charge in [-0.1, -0.05) is 30.0 Å². The van der Waals surface area contributed by atoms with E-state index in [0.717, 1.165) is 25.5 Å². The largest absolute Gasteiger partial charge is 0.445 e. The van der Waals surface area contributed by atoms with Crippen LogP contribution in [0.15, 0.2) is 19.8 Å². The number of amides is 4. The van der Waals surface area contributed by atoms with Crippen molar-refractivity contribution in [2.24, 2.45) is 10.9 Å². The van der Waals surface area contributed by atoms with Gasteiger partial charge < -0.3 is 0 Å². The third kappa shape index (κ3) is 4.03. The van der Waals surface area contributed by atoms with Gasteiger partial charge >= 0.3 is 11.9 Å². The second-order valence-corrected chi connectivity index (χ2v) is 9.48. The van der Waals surface area contributed by atoms with E-state index in [2.05, 4.69) is 20.5 Å². The average molecular weight is 440 g/mol. The van der Waals surface area contributed by atoms with Gasteiger partial charge in [-0.2, -0.15) is 9.48 Å². The van der Waals surface area contributed by atoms with Gasteiger partial charge in [0.05, 0.1) is 19.8 Å². The van der Waals surface area contributed by atoms with Crippen molar-refractivity contribution in [3.8, 4) is 0 Å². The summed E-state index contributed by atoms with van der Waals surface area (Å²) in [7, 11) is 3.03. The fourth-order valence-electron chi connectivity index (χ4n) is 2.70. The van der Waals surface area contributed by atoms with Crippen LogP contribution < -0.4 is 5.32 Å². The zero-order valence-corrected chi connectivity index (χ0v) is 18.2. The maximum absolute atomic E-state index is 12.7. The van der Waals surface area contributed by atoms with E-state index in [1.165, 1.54) is 34.7 Å². The van der Waals surface area contributed by atoms with Gasteiger partial charge in [0.2, 0.25) is 11.0 Å². The monoisotopic (exact) mass is 439 g/mol. The number of aromatic nitrogens is 2. The molecular formula is C16H19N6O3S3+. The Bertz CT molecular complexity index is 936. The number of rotatable bonds is 6. The zero-order valence-electron chi connectivity index (χ0n) is 15.8. The molecular weight excluding hydrogens is 420 g/mol. The lowest BCUT2D eigenvalue weighted by atomic mass is 9.99. The summed E-state index contributed by atoms with van der Waals surface area (Å²) in [5.41, 5.74) is 0.800. The van der Waals surface area contributed by atoms with Gasteiger partial charge in [-0.3, -0.25) is 14.9 Å². The minimum absolute atomic E-state index is 0.106. The number of thioether (sulfide) groups is 2. The predicted octanol–water partition coefficient (Wildman–Crippen LogP) is 1.93. The molecule has 0 spiro atoms. The van der Waals surface area contributed by atoms with Crippen LogP contribution in [0, 0.1) is 5.92 Å². The number of urea groups is 1. The smallest absolute Gasteiger partial charge is 0.300 e. The van der Waals surface area contributed by atoms with Crippen LogP contribution in [0.2, 0.25) is 0 Å². The van der Waals surface area contributed by atoms with Crippen LogP contribution in [0.25, 0.3) is 0 Å². The summed E-state index contributed by atoms with van der Waals surface area (Å²) in [5, 5.41) is 11.1. The number of dihydropyridines is 1. The van der Waals surface area contributed by atoms with Crippen molar-refractivity contribution in [2.75, 3.05) is 30.9 Å². The molecule has 1 N–H and O–H groups in total. The Balaban J connectivity index is 1.72. The molecule has 1 unspecified atom stereocenters. The summed E-state index contributed by atoms with van der Waals surface area (Å²) in [5.74, 6) is 0.112. The Labute approximate surface area is 174 Å². The molecule has 3 heterocycles. The Morgan fingerprint density at radius 3 is 2.82 bits per heavy atom. The number of aliphatic imine (C=N–C) groups is 1. The Hall–Kier alpha value is -2.05. The molecule has 28 heavy (non-hydrogen) atoms. The van der Waals surface area contributed by atoms with Crippen LogP contribution in [0.5, 0.6) is 0 Å². The molecule has 9 nitrogen and oxygen atoms in total. The molecule has 2 aliphatic rings. The van der Waals surface area contributed by atoms with Crippen molar-refractivity contribution in [2.45, 2.75) is 18.2 Å². The molecule has 0 aromatic carbocycles. The molecule has 148 valence electrons. The Morgan fingerprint density at radius 1 is 1.36 bits per heavy atom. The highest BCUT2D eigenvalue weighted by molar-refractivity contribution is 8.03. The molecule has 0 fully saturated rings. The number of allylic oxidation sites excluding steroid dienone is 1. The molecule has 0 bridgehead atoms. The van der Waals surface area contributed by atoms with E-state index in [-0.39, 0.29) is 17.6 Å². The molecule has 3 rings (SSSR count). The van der Waals surface area contributed by atoms with E-state index in [1.54, 1.807) is 25.0 Å². The molecule has 4 amide bonds. The lowest BCUT2D eigenvalue weighted by Crippen LogP contribution is -2.52. The SMILES string of the molecule is CCSc1nnc(NC(=O)CSC2=C(C)C=NC3=[N+](C)C(=O)N(C)C(=O)C23)s1. The minimum Gasteiger partial charge on any atom is -0.300 e. The highest BCUT2D eigenvalue weighted by atomic mass is 32.2. The predicted molar refractivity (Wildman–Crippen MR) is 111 cm³/mol. The van der Waals surface area contributed by atoms with Crippen molar-refractivity contribution < 1.29 is 19.0 Å². The molecule has 1 aromatic heterocycles. The average Bonchev–Trinajstić information content (AvgIpc) is 3.10. The van der Waals surface area contributed by atoms with Crippen LogP contribution in [0.3, 0.4) is 0 Å². The van der Waals surface area contributed by atoms with Gasteiger partial charge in [-0.05, 0) is 18.2 Å². The van der Waals surface area contributed by atoms with Gasteiger partial charge in [0.25, 0.3) is 5.84 Å². The Morgan fingerprint density at radius 2 is 2.11 bits per heavy atom. The van der Waals surface area contributed by atoms with Crippen molar-refractivity contribution in [1.29, 1.82) is 0 Å². The lowest BCUT2D eigenvalue weighted by molar-refractivity contribution is -0.407. The minimum atomic E-state index is -0.676. The number of carbonyl (C=O) groups is 3. The standard InChI is InChI=1S/C16H18N6O3S3/c1-5-26-15-20-19-14(28-15)18-9(23)7-27-11-8(2)6-17-12-10(11)13(24)22(4)16(25)21(12)3/h6,10H,5,7H2,1-4H3/p+1. The maximum Gasteiger partial charge on any atom is 0.445 e. The van der Waals surface area contributed by atoms with Gasteiger partial charge in [0.15, 0.2) is 10.3 Å². The molecule has 1 aromatic rings. The number of carbonyl (C=O) groups excluding carboxylic acids is 3. The number of amidine groups is 1. The van der Waals surface area contributed by atoms with Crippen LogP contribution >= 0.6 is 34.9 Å². The number of hydrogen-bond acceptors (Lipinski definition) is 9. The third-order valence-electron chi connectivity index (χ3n) is 4.07. The first-order valence-corrected chi connectivity index (χ1v) is 11.2. The second kappa shape index (κ2) is 8.53. The first kappa shape index (κ1) is 20.7. The summed E-state index contributed by atoms with van der Waals surface area (Å²) >= 11 is 4.15. The normalized spacial score (nSPS) is 19.4. The first-order valence-electron chi connectivity index (χ1n) is 8.39. The topological polar surface area (TPSA) is 108 Å². The van der Waals surface area contributed by atoms with E-state index in [1.807, 2.05) is 13.8 Å². The zero-order chi connectivity index (χ0) is 20.4. The molecule has 0 radical (unpaired) electrons. The van der Waals surface area contributed by atoms with Crippen molar-refractivity contribution >= 4 is 69.9 Å². The van der Waals surface area contributed by atoms with E-state index in [4.69, 9.17) is 0 Å².